The second-order valence-corrected chi connectivity index (χ2v) is 4.81. The first-order valence-corrected chi connectivity index (χ1v) is 6.65. The van der Waals surface area contributed by atoms with Crippen molar-refractivity contribution in [2.45, 2.75) is 0 Å². The molecule has 0 aliphatic heterocycles. The maximum absolute atomic E-state index is 6.06. The molecule has 0 aliphatic rings. The molecule has 0 unspecified atom stereocenters. The van der Waals surface area contributed by atoms with Crippen molar-refractivity contribution in [1.29, 1.82) is 0 Å². The van der Waals surface area contributed by atoms with Crippen LogP contribution < -0.4 is 10.5 Å². The highest BCUT2D eigenvalue weighted by Gasteiger charge is 2.11. The summed E-state index contributed by atoms with van der Waals surface area (Å²) in [5, 5.41) is 0.559. The number of nitrogen functional groups attached to an aromatic ring is 1. The van der Waals surface area contributed by atoms with E-state index in [0.717, 1.165) is 16.9 Å². The number of imidazole rings is 1. The van der Waals surface area contributed by atoms with Gasteiger partial charge < -0.3 is 10.5 Å². The highest BCUT2D eigenvalue weighted by molar-refractivity contribution is 6.32. The van der Waals surface area contributed by atoms with Crippen LogP contribution >= 0.6 is 11.6 Å². The third-order valence-corrected chi connectivity index (χ3v) is 3.48. The minimum Gasteiger partial charge on any atom is -0.495 e. The van der Waals surface area contributed by atoms with Crippen LogP contribution in [0.3, 0.4) is 0 Å². The molecule has 3 rings (SSSR count). The molecule has 0 aliphatic carbocycles. The maximum atomic E-state index is 6.06. The zero-order valence-corrected chi connectivity index (χ0v) is 12.1. The fourth-order valence-corrected chi connectivity index (χ4v) is 2.33. The summed E-state index contributed by atoms with van der Waals surface area (Å²) >= 11 is 6.06. The summed E-state index contributed by atoms with van der Waals surface area (Å²) in [4.78, 5) is 8.31. The molecule has 2 aromatic heterocycles. The summed E-state index contributed by atoms with van der Waals surface area (Å²) in [6.07, 6.45) is 5.11. The summed E-state index contributed by atoms with van der Waals surface area (Å²) in [7, 11) is 1.58. The Morgan fingerprint density at radius 2 is 2.14 bits per heavy atom. The van der Waals surface area contributed by atoms with Crippen LogP contribution in [-0.2, 0) is 0 Å². The van der Waals surface area contributed by atoms with Crippen LogP contribution in [0.5, 0.6) is 5.75 Å². The van der Waals surface area contributed by atoms with E-state index < -0.39 is 0 Å². The van der Waals surface area contributed by atoms with Gasteiger partial charge in [-0.25, -0.2) is 9.97 Å². The summed E-state index contributed by atoms with van der Waals surface area (Å²) in [6.45, 7) is 0. The van der Waals surface area contributed by atoms with Crippen molar-refractivity contribution in [3.05, 3.63) is 54.1 Å². The maximum Gasteiger partial charge on any atom is 0.139 e. The van der Waals surface area contributed by atoms with Crippen LogP contribution in [0.15, 0.2) is 49.1 Å². The lowest BCUT2D eigenvalue weighted by atomic mass is 10.2. The molecule has 3 aromatic rings. The van der Waals surface area contributed by atoms with Gasteiger partial charge in [0.15, 0.2) is 0 Å². The number of nitrogens with two attached hydrogens (primary N) is 1. The number of hydrogen-bond donors (Lipinski definition) is 1. The van der Waals surface area contributed by atoms with E-state index >= 15 is 0 Å². The Balaban J connectivity index is 2.14. The summed E-state index contributed by atoms with van der Waals surface area (Å²) in [5.41, 5.74) is 8.50. The zero-order chi connectivity index (χ0) is 14.8. The number of hydrogen-bond acceptors (Lipinski definition) is 4. The van der Waals surface area contributed by atoms with Crippen molar-refractivity contribution in [2.75, 3.05) is 12.8 Å². The van der Waals surface area contributed by atoms with Crippen molar-refractivity contribution in [3.63, 3.8) is 0 Å². The van der Waals surface area contributed by atoms with Gasteiger partial charge in [0.1, 0.15) is 11.6 Å². The molecule has 0 saturated heterocycles. The molecule has 2 heterocycles. The lowest BCUT2D eigenvalue weighted by molar-refractivity contribution is 0.415. The number of halogens is 1. The van der Waals surface area contributed by atoms with Crippen molar-refractivity contribution < 1.29 is 4.74 Å². The molecule has 0 radical (unpaired) electrons. The van der Waals surface area contributed by atoms with Gasteiger partial charge in [0.05, 0.1) is 36.0 Å². The third-order valence-electron chi connectivity index (χ3n) is 3.17. The molecule has 2 N–H and O–H groups in total. The number of benzene rings is 1. The number of ether oxygens (including phenoxy) is 1. The summed E-state index contributed by atoms with van der Waals surface area (Å²) in [5.74, 6) is 1.06. The summed E-state index contributed by atoms with van der Waals surface area (Å²) < 4.78 is 7.16. The van der Waals surface area contributed by atoms with Crippen LogP contribution in [0.1, 0.15) is 0 Å². The molecule has 0 bridgehead atoms. The molecule has 6 heteroatoms. The van der Waals surface area contributed by atoms with Crippen molar-refractivity contribution in [3.8, 4) is 22.7 Å². The molecule has 1 aromatic carbocycles. The number of rotatable bonds is 3. The van der Waals surface area contributed by atoms with Gasteiger partial charge in [-0.1, -0.05) is 11.6 Å². The second-order valence-electron chi connectivity index (χ2n) is 4.40. The Morgan fingerprint density at radius 1 is 1.29 bits per heavy atom. The van der Waals surface area contributed by atoms with E-state index in [-0.39, 0.29) is 0 Å². The molecule has 0 amide bonds. The lowest BCUT2D eigenvalue weighted by Crippen LogP contribution is -1.99. The normalized spacial score (nSPS) is 10.6. The fourth-order valence-electron chi connectivity index (χ4n) is 2.13. The van der Waals surface area contributed by atoms with Gasteiger partial charge in [0.2, 0.25) is 0 Å². The highest BCUT2D eigenvalue weighted by Crippen LogP contribution is 2.30. The SMILES string of the molecule is COc1cc(-n2cncc2-c2cccnc2N)ccc1Cl. The molecule has 0 atom stereocenters. The molecular weight excluding hydrogens is 288 g/mol. The Bertz CT molecular complexity index is 785. The quantitative estimate of drug-likeness (QED) is 0.807. The van der Waals surface area contributed by atoms with Crippen molar-refractivity contribution in [1.82, 2.24) is 14.5 Å². The van der Waals surface area contributed by atoms with Crippen LogP contribution in [0.25, 0.3) is 16.9 Å². The molecule has 5 nitrogen and oxygen atoms in total. The highest BCUT2D eigenvalue weighted by atomic mass is 35.5. The standard InChI is InChI=1S/C15H13ClN4O/c1-21-14-7-10(4-5-12(14)16)20-9-18-8-13(20)11-3-2-6-19-15(11)17/h2-9H,1H3,(H2,17,19). The molecule has 0 saturated carbocycles. The number of anilines is 1. The largest absolute Gasteiger partial charge is 0.495 e. The first-order chi connectivity index (χ1) is 10.2. The van der Waals surface area contributed by atoms with E-state index in [1.54, 1.807) is 31.9 Å². The average Bonchev–Trinajstić information content (AvgIpc) is 2.97. The van der Waals surface area contributed by atoms with E-state index in [1.807, 2.05) is 28.8 Å². The molecule has 0 spiro atoms. The number of methoxy groups -OCH3 is 1. The number of aromatic nitrogens is 3. The van der Waals surface area contributed by atoms with Gasteiger partial charge in [0.25, 0.3) is 0 Å². The van der Waals surface area contributed by atoms with Gasteiger partial charge in [-0.2, -0.15) is 0 Å². The molecule has 106 valence electrons. The monoisotopic (exact) mass is 300 g/mol. The molecule has 21 heavy (non-hydrogen) atoms. The van der Waals surface area contributed by atoms with Crippen molar-refractivity contribution in [2.24, 2.45) is 0 Å². The minimum atomic E-state index is 0.458. The molecular formula is C15H13ClN4O. The predicted molar refractivity (Wildman–Crippen MR) is 82.8 cm³/mol. The van der Waals surface area contributed by atoms with Gasteiger partial charge >= 0.3 is 0 Å². The van der Waals surface area contributed by atoms with Crippen LogP contribution in [0, 0.1) is 0 Å². The van der Waals surface area contributed by atoms with Gasteiger partial charge in [0, 0.05) is 17.8 Å². The van der Waals surface area contributed by atoms with E-state index in [2.05, 4.69) is 9.97 Å². The number of nitrogens with zero attached hydrogens (tertiary/aromatic N) is 3. The van der Waals surface area contributed by atoms with E-state index in [9.17, 15) is 0 Å². The minimum absolute atomic E-state index is 0.458. The van der Waals surface area contributed by atoms with Crippen LogP contribution in [-0.4, -0.2) is 21.6 Å². The Morgan fingerprint density at radius 3 is 2.90 bits per heavy atom. The lowest BCUT2D eigenvalue weighted by Gasteiger charge is -2.11. The first kappa shape index (κ1) is 13.5. The van der Waals surface area contributed by atoms with Gasteiger partial charge in [-0.15, -0.1) is 0 Å². The van der Waals surface area contributed by atoms with Crippen LogP contribution in [0.2, 0.25) is 5.02 Å². The van der Waals surface area contributed by atoms with Crippen molar-refractivity contribution >= 4 is 17.4 Å². The van der Waals surface area contributed by atoms with Crippen LogP contribution in [0.4, 0.5) is 5.82 Å². The predicted octanol–water partition coefficient (Wildman–Crippen LogP) is 3.18. The third kappa shape index (κ3) is 2.43. The Hall–Kier alpha value is -2.53. The van der Waals surface area contributed by atoms with E-state index in [0.29, 0.717) is 16.6 Å². The van der Waals surface area contributed by atoms with Gasteiger partial charge in [-0.3, -0.25) is 4.57 Å². The topological polar surface area (TPSA) is 66.0 Å². The average molecular weight is 301 g/mol. The van der Waals surface area contributed by atoms with E-state index in [1.165, 1.54) is 0 Å². The van der Waals surface area contributed by atoms with Gasteiger partial charge in [-0.05, 0) is 24.3 Å². The second kappa shape index (κ2) is 5.46. The first-order valence-electron chi connectivity index (χ1n) is 6.28. The smallest absolute Gasteiger partial charge is 0.139 e. The Labute approximate surface area is 127 Å². The Kier molecular flexibility index (Phi) is 3.50. The molecule has 0 fully saturated rings. The van der Waals surface area contributed by atoms with E-state index in [4.69, 9.17) is 22.1 Å². The summed E-state index contributed by atoms with van der Waals surface area (Å²) in [6, 6.07) is 9.27. The number of pyridine rings is 1. The fraction of sp³-hybridized carbons (Fsp3) is 0.0667. The zero-order valence-electron chi connectivity index (χ0n) is 11.3.